The fourth-order valence-electron chi connectivity index (χ4n) is 6.12. The number of hydrogen-bond acceptors (Lipinski definition) is 16. The van der Waals surface area contributed by atoms with Crippen LogP contribution in [-0.2, 0) is 33.1 Å². The Balaban J connectivity index is 0.911. The number of benzene rings is 6. The molecule has 20 heteroatoms. The standard InChI is InChI=1S/C44H38N12O6S2/c57-63(58,59)37-25-21-35(22-26-37)49-43-53-39(45-31-7-3-1-4-8-31)51-41(55-43)47-33-17-13-29(14-18-33)11-12-30-15-19-34(20-16-30)48-42-52-40(46-32-9-5-2-6-10-32)54-44(56-42)50-36-23-27-38(28-24-36)64(60,61)62/h1-10,13-28H,11-12H2,(H,57,58,59)(H,60,61,62)(H3,45,47,49,51,53,55)(H3,46,48,50,52,54,56). The molecular weight excluding hydrogens is 857 g/mol. The monoisotopic (exact) mass is 894 g/mol. The molecule has 0 radical (unpaired) electrons. The number of hydrogen-bond donors (Lipinski definition) is 8. The highest BCUT2D eigenvalue weighted by atomic mass is 32.2. The lowest BCUT2D eigenvalue weighted by atomic mass is 10.0. The lowest BCUT2D eigenvalue weighted by Crippen LogP contribution is -2.07. The van der Waals surface area contributed by atoms with Crippen molar-refractivity contribution in [3.05, 3.63) is 169 Å². The molecule has 2 heterocycles. The zero-order chi connectivity index (χ0) is 44.5. The first kappa shape index (κ1) is 42.6. The van der Waals surface area contributed by atoms with E-state index in [-0.39, 0.29) is 45.5 Å². The van der Waals surface area contributed by atoms with Crippen LogP contribution in [0.15, 0.2) is 168 Å². The van der Waals surface area contributed by atoms with Crippen molar-refractivity contribution >= 4 is 90.1 Å². The molecule has 6 aromatic carbocycles. The summed E-state index contributed by atoms with van der Waals surface area (Å²) < 4.78 is 64.7. The molecule has 64 heavy (non-hydrogen) atoms. The van der Waals surface area contributed by atoms with E-state index in [1.807, 2.05) is 109 Å². The second-order valence-corrected chi connectivity index (χ2v) is 16.8. The Morgan fingerprint density at radius 1 is 0.312 bits per heavy atom. The molecule has 0 saturated carbocycles. The Labute approximate surface area is 367 Å². The van der Waals surface area contributed by atoms with Gasteiger partial charge in [0, 0.05) is 34.1 Å². The summed E-state index contributed by atoms with van der Waals surface area (Å²) in [5.41, 5.74) is 6.23. The number of aromatic nitrogens is 6. The van der Waals surface area contributed by atoms with E-state index in [0.29, 0.717) is 11.4 Å². The number of aryl methyl sites for hydroxylation is 2. The molecule has 18 nitrogen and oxygen atoms in total. The van der Waals surface area contributed by atoms with Crippen molar-refractivity contribution in [3.8, 4) is 0 Å². The van der Waals surface area contributed by atoms with E-state index in [2.05, 4.69) is 61.8 Å². The van der Waals surface area contributed by atoms with Gasteiger partial charge in [-0.25, -0.2) is 0 Å². The van der Waals surface area contributed by atoms with Crippen molar-refractivity contribution in [3.63, 3.8) is 0 Å². The maximum atomic E-state index is 11.5. The smallest absolute Gasteiger partial charge is 0.294 e. The summed E-state index contributed by atoms with van der Waals surface area (Å²) in [4.78, 5) is 26.6. The van der Waals surface area contributed by atoms with Crippen molar-refractivity contribution in [1.29, 1.82) is 0 Å². The molecule has 8 aromatic rings. The maximum absolute atomic E-state index is 11.5. The summed E-state index contributed by atoms with van der Waals surface area (Å²) in [5, 5.41) is 18.9. The second-order valence-electron chi connectivity index (χ2n) is 14.0. The topological polar surface area (TPSA) is 258 Å². The van der Waals surface area contributed by atoms with Crippen LogP contribution in [0, 0.1) is 0 Å². The van der Waals surface area contributed by atoms with Gasteiger partial charge in [-0.05, 0) is 121 Å². The van der Waals surface area contributed by atoms with E-state index in [0.717, 1.165) is 46.7 Å². The third-order valence-electron chi connectivity index (χ3n) is 9.27. The molecule has 2 aromatic heterocycles. The summed E-state index contributed by atoms with van der Waals surface area (Å²) in [6.07, 6.45) is 1.55. The minimum Gasteiger partial charge on any atom is -0.324 e. The largest absolute Gasteiger partial charge is 0.324 e. The highest BCUT2D eigenvalue weighted by molar-refractivity contribution is 7.86. The Morgan fingerprint density at radius 3 is 0.766 bits per heavy atom. The van der Waals surface area contributed by atoms with Gasteiger partial charge in [-0.3, -0.25) is 9.11 Å². The number of anilines is 12. The van der Waals surface area contributed by atoms with E-state index in [1.54, 1.807) is 0 Å². The van der Waals surface area contributed by atoms with Crippen LogP contribution in [0.1, 0.15) is 11.1 Å². The fraction of sp³-hybridized carbons (Fsp3) is 0.0455. The van der Waals surface area contributed by atoms with Crippen molar-refractivity contribution in [2.24, 2.45) is 0 Å². The quantitative estimate of drug-likeness (QED) is 0.0397. The van der Waals surface area contributed by atoms with Gasteiger partial charge in [-0.2, -0.15) is 46.7 Å². The average molecular weight is 895 g/mol. The fourth-order valence-corrected chi connectivity index (χ4v) is 7.08. The zero-order valence-electron chi connectivity index (χ0n) is 33.5. The molecule has 0 aliphatic rings. The molecule has 0 fully saturated rings. The van der Waals surface area contributed by atoms with Crippen LogP contribution in [-0.4, -0.2) is 55.8 Å². The van der Waals surface area contributed by atoms with Gasteiger partial charge in [0.1, 0.15) is 0 Å². The molecule has 0 bridgehead atoms. The number of nitrogens with one attached hydrogen (secondary N) is 6. The van der Waals surface area contributed by atoms with Crippen LogP contribution in [0.25, 0.3) is 0 Å². The molecule has 0 amide bonds. The number of nitrogens with zero attached hydrogens (tertiary/aromatic N) is 6. The molecule has 0 aliphatic heterocycles. The summed E-state index contributed by atoms with van der Waals surface area (Å²) in [6, 6.07) is 45.7. The highest BCUT2D eigenvalue weighted by Gasteiger charge is 2.14. The Hall–Kier alpha value is -8.04. The Bertz CT molecular complexity index is 2870. The first-order valence-corrected chi connectivity index (χ1v) is 22.3. The van der Waals surface area contributed by atoms with Crippen LogP contribution >= 0.6 is 0 Å². The molecule has 322 valence electrons. The van der Waals surface area contributed by atoms with Crippen molar-refractivity contribution < 1.29 is 25.9 Å². The summed E-state index contributed by atoms with van der Waals surface area (Å²) in [7, 11) is -8.68. The van der Waals surface area contributed by atoms with Crippen LogP contribution in [0.4, 0.5) is 69.8 Å². The lowest BCUT2D eigenvalue weighted by Gasteiger charge is -2.12. The van der Waals surface area contributed by atoms with Crippen LogP contribution < -0.4 is 31.9 Å². The van der Waals surface area contributed by atoms with Crippen molar-refractivity contribution in [1.82, 2.24) is 29.9 Å². The average Bonchev–Trinajstić information content (AvgIpc) is 3.27. The van der Waals surface area contributed by atoms with Gasteiger partial charge in [0.15, 0.2) is 0 Å². The number of para-hydroxylation sites is 2. The van der Waals surface area contributed by atoms with E-state index in [4.69, 9.17) is 0 Å². The van der Waals surface area contributed by atoms with E-state index >= 15 is 0 Å². The van der Waals surface area contributed by atoms with E-state index < -0.39 is 20.2 Å². The molecule has 0 spiro atoms. The lowest BCUT2D eigenvalue weighted by molar-refractivity contribution is 0.481. The van der Waals surface area contributed by atoms with Gasteiger partial charge in [-0.15, -0.1) is 0 Å². The molecule has 0 aliphatic carbocycles. The van der Waals surface area contributed by atoms with Crippen LogP contribution in [0.3, 0.4) is 0 Å². The summed E-state index contributed by atoms with van der Waals surface area (Å²) >= 11 is 0. The Morgan fingerprint density at radius 2 is 0.531 bits per heavy atom. The first-order chi connectivity index (χ1) is 30.9. The van der Waals surface area contributed by atoms with Gasteiger partial charge in [0.25, 0.3) is 20.2 Å². The van der Waals surface area contributed by atoms with Crippen LogP contribution in [0.2, 0.25) is 0 Å². The normalized spacial score (nSPS) is 11.3. The van der Waals surface area contributed by atoms with Crippen LogP contribution in [0.5, 0.6) is 0 Å². The molecule has 8 rings (SSSR count). The minimum absolute atomic E-state index is 0.192. The van der Waals surface area contributed by atoms with E-state index in [9.17, 15) is 25.9 Å². The van der Waals surface area contributed by atoms with Gasteiger partial charge < -0.3 is 31.9 Å². The minimum atomic E-state index is -4.34. The van der Waals surface area contributed by atoms with Gasteiger partial charge in [0.2, 0.25) is 35.7 Å². The summed E-state index contributed by atoms with van der Waals surface area (Å²) in [6.45, 7) is 0. The van der Waals surface area contributed by atoms with E-state index in [1.165, 1.54) is 48.5 Å². The third-order valence-corrected chi connectivity index (χ3v) is 11.0. The summed E-state index contributed by atoms with van der Waals surface area (Å²) in [5.74, 6) is 1.43. The molecular formula is C44H38N12O6S2. The molecule has 8 N–H and O–H groups in total. The van der Waals surface area contributed by atoms with Gasteiger partial charge in [0.05, 0.1) is 9.79 Å². The second kappa shape index (κ2) is 18.9. The first-order valence-electron chi connectivity index (χ1n) is 19.4. The van der Waals surface area contributed by atoms with Crippen molar-refractivity contribution in [2.45, 2.75) is 22.6 Å². The number of rotatable bonds is 17. The van der Waals surface area contributed by atoms with Crippen molar-refractivity contribution in [2.75, 3.05) is 31.9 Å². The molecule has 0 saturated heterocycles. The third kappa shape index (κ3) is 11.9. The molecule has 0 unspecified atom stereocenters. The van der Waals surface area contributed by atoms with Gasteiger partial charge >= 0.3 is 0 Å². The predicted octanol–water partition coefficient (Wildman–Crippen LogP) is 8.80. The highest BCUT2D eigenvalue weighted by Crippen LogP contribution is 2.25. The molecule has 0 atom stereocenters. The predicted molar refractivity (Wildman–Crippen MR) is 245 cm³/mol. The van der Waals surface area contributed by atoms with Gasteiger partial charge in [-0.1, -0.05) is 60.7 Å². The SMILES string of the molecule is O=S(=O)(O)c1ccc(Nc2nc(Nc3ccccc3)nc(Nc3ccc(CCc4ccc(Nc5nc(Nc6ccccc6)nc(Nc6ccc(S(=O)(=O)O)cc6)n5)cc4)cc3)n2)cc1. The zero-order valence-corrected chi connectivity index (χ0v) is 35.1. The Kier molecular flexibility index (Phi) is 12.6. The maximum Gasteiger partial charge on any atom is 0.294 e.